The Hall–Kier alpha value is -6.77. The van der Waals surface area contributed by atoms with Crippen molar-refractivity contribution in [2.75, 3.05) is 89.6 Å². The van der Waals surface area contributed by atoms with Gasteiger partial charge in [0.2, 0.25) is 0 Å². The van der Waals surface area contributed by atoms with Crippen molar-refractivity contribution >= 4 is 83.3 Å². The maximum absolute atomic E-state index is 13.5. The van der Waals surface area contributed by atoms with Crippen LogP contribution in [0.1, 0.15) is 90.4 Å². The van der Waals surface area contributed by atoms with Crippen molar-refractivity contribution in [3.05, 3.63) is 132 Å². The monoisotopic (exact) mass is 1620 g/mol. The Bertz CT molecular complexity index is 4240. The predicted molar refractivity (Wildman–Crippen MR) is 449 cm³/mol. The van der Waals surface area contributed by atoms with Gasteiger partial charge in [0.15, 0.2) is 17.1 Å². The average molecular weight is 1630 g/mol. The fraction of sp³-hybridized carbons (Fsp3) is 0.561. The molecule has 4 fully saturated rings. The van der Waals surface area contributed by atoms with Gasteiger partial charge in [-0.15, -0.1) is 0 Å². The molecule has 4 aliphatic rings. The number of pyridine rings is 2. The molecule has 4 bridgehead atoms. The molecule has 0 radical (unpaired) electrons. The molecule has 4 atom stereocenters. The number of halogens is 1. The molecule has 6 aromatic heterocycles. The van der Waals surface area contributed by atoms with Crippen LogP contribution in [0.5, 0.6) is 0 Å². The molecule has 12 rings (SSSR count). The van der Waals surface area contributed by atoms with E-state index in [-0.39, 0.29) is 48.2 Å². The van der Waals surface area contributed by atoms with Crippen LogP contribution in [0.15, 0.2) is 120 Å². The lowest BCUT2D eigenvalue weighted by atomic mass is 9.83. The number of benzene rings is 2. The highest BCUT2D eigenvalue weighted by Gasteiger charge is 2.47. The molecule has 0 aliphatic carbocycles. The Kier molecular flexibility index (Phi) is 27.1. The molecular formula is C82H119BrN12O10Si4. The molecule has 2 aromatic carbocycles. The van der Waals surface area contributed by atoms with E-state index in [9.17, 15) is 9.59 Å². The van der Waals surface area contributed by atoms with Crippen molar-refractivity contribution in [1.82, 2.24) is 49.0 Å². The van der Waals surface area contributed by atoms with E-state index < -0.39 is 43.5 Å². The topological polar surface area (TPSA) is 207 Å². The molecule has 590 valence electrons. The van der Waals surface area contributed by atoms with Crippen LogP contribution < -0.4 is 9.80 Å². The van der Waals surface area contributed by atoms with E-state index in [1.165, 1.54) is 0 Å². The molecule has 27 heteroatoms. The Morgan fingerprint density at radius 1 is 0.477 bits per heavy atom. The van der Waals surface area contributed by atoms with Gasteiger partial charge in [-0.3, -0.25) is 19.8 Å². The summed E-state index contributed by atoms with van der Waals surface area (Å²) in [4.78, 5) is 55.5. The zero-order chi connectivity index (χ0) is 78.2. The first kappa shape index (κ1) is 83.2. The second-order valence-electron chi connectivity index (χ2n) is 36.6. The Labute approximate surface area is 658 Å². The highest BCUT2D eigenvalue weighted by Crippen LogP contribution is 2.45. The lowest BCUT2D eigenvalue weighted by Crippen LogP contribution is -2.59. The number of ether oxygens (including phenoxy) is 8. The minimum Gasteiger partial charge on any atom is -0.444 e. The fourth-order valence-corrected chi connectivity index (χ4v) is 17.9. The number of carbonyl (C=O) groups excluding carboxylic acids is 2. The fourth-order valence-electron chi connectivity index (χ4n) is 14.1. The van der Waals surface area contributed by atoms with Crippen molar-refractivity contribution in [3.8, 4) is 44.8 Å². The van der Waals surface area contributed by atoms with Crippen LogP contribution in [0.3, 0.4) is 0 Å². The molecule has 4 unspecified atom stereocenters. The molecule has 4 aliphatic heterocycles. The van der Waals surface area contributed by atoms with Crippen LogP contribution in [0, 0.1) is 0 Å². The molecule has 0 N–H and O–H groups in total. The third kappa shape index (κ3) is 22.8. The quantitative estimate of drug-likeness (QED) is 0.0254. The Balaban J connectivity index is 0.000000217. The van der Waals surface area contributed by atoms with Gasteiger partial charge in [0.1, 0.15) is 43.9 Å². The molecular weight excluding hydrogens is 1510 g/mol. The molecule has 22 nitrogen and oxygen atoms in total. The van der Waals surface area contributed by atoms with Crippen molar-refractivity contribution in [2.24, 2.45) is 0 Å². The van der Waals surface area contributed by atoms with Gasteiger partial charge in [0.05, 0.1) is 84.5 Å². The van der Waals surface area contributed by atoms with Gasteiger partial charge in [-0.1, -0.05) is 151 Å². The number of fused-ring (bicyclic) bond motifs is 6. The number of rotatable bonds is 28. The summed E-state index contributed by atoms with van der Waals surface area (Å²) < 4.78 is 54.1. The minimum atomic E-state index is -1.31. The summed E-state index contributed by atoms with van der Waals surface area (Å²) in [5, 5.41) is 9.92. The number of hydrogen-bond acceptors (Lipinski definition) is 18. The lowest BCUT2D eigenvalue weighted by molar-refractivity contribution is -0.0830. The van der Waals surface area contributed by atoms with Crippen molar-refractivity contribution in [3.63, 3.8) is 0 Å². The molecule has 109 heavy (non-hydrogen) atoms. The highest BCUT2D eigenvalue weighted by atomic mass is 79.9. The number of carbonyl (C=O) groups is 2. The molecule has 0 spiro atoms. The SMILES string of the molecule is CC(C)(C)OC(=O)N1C2COCC1CC(c1cc(N(COCC[Si](C)(C)C)COCC[Si](C)(C)C)n3ncc(-c4ccc(-c5ccccc5)nc4)c3n1)C2.CC(C)(C)OC(=O)N1C2COCC1CC(c1nc3c(-c4ccc(-c5ccccc5)nc4)cnn3c(N(COCC[Si](C)(C)C)COCC[Si](C)(C)C)c1Br)C2. The predicted octanol–water partition coefficient (Wildman–Crippen LogP) is 18.3. The maximum Gasteiger partial charge on any atom is 0.410 e. The highest BCUT2D eigenvalue weighted by molar-refractivity contribution is 9.10. The second-order valence-corrected chi connectivity index (χ2v) is 59.9. The zero-order valence-corrected chi connectivity index (χ0v) is 73.5. The zero-order valence-electron chi connectivity index (χ0n) is 67.9. The summed E-state index contributed by atoms with van der Waals surface area (Å²) >= 11 is 4.07. The van der Waals surface area contributed by atoms with Crippen LogP contribution in [0.2, 0.25) is 103 Å². The number of piperidine rings is 2. The van der Waals surface area contributed by atoms with Gasteiger partial charge in [-0.05, 0) is 119 Å². The Morgan fingerprint density at radius 2 is 0.853 bits per heavy atom. The van der Waals surface area contributed by atoms with Crippen LogP contribution in [0.25, 0.3) is 56.1 Å². The normalized spacial score (nSPS) is 19.2. The van der Waals surface area contributed by atoms with E-state index >= 15 is 0 Å². The van der Waals surface area contributed by atoms with Gasteiger partial charge < -0.3 is 47.7 Å². The van der Waals surface area contributed by atoms with Crippen LogP contribution in [-0.4, -0.2) is 209 Å². The number of anilines is 2. The lowest BCUT2D eigenvalue weighted by Gasteiger charge is -2.48. The molecule has 8 aromatic rings. The van der Waals surface area contributed by atoms with Crippen molar-refractivity contribution in [2.45, 2.75) is 217 Å². The summed E-state index contributed by atoms with van der Waals surface area (Å²) in [6.07, 6.45) is 9.83. The summed E-state index contributed by atoms with van der Waals surface area (Å²) in [5.41, 5.74) is 9.80. The third-order valence-corrected chi connectivity index (χ3v) is 27.6. The summed E-state index contributed by atoms with van der Waals surface area (Å²) in [6.45, 7) is 45.9. The number of morpholine rings is 2. The third-order valence-electron chi connectivity index (χ3n) is 20.0. The summed E-state index contributed by atoms with van der Waals surface area (Å²) in [7, 11) is -5.18. The molecule has 2 amide bonds. The van der Waals surface area contributed by atoms with Crippen molar-refractivity contribution < 1.29 is 47.5 Å². The maximum atomic E-state index is 13.5. The van der Waals surface area contributed by atoms with Gasteiger partial charge >= 0.3 is 12.2 Å². The van der Waals surface area contributed by atoms with Gasteiger partial charge in [-0.25, -0.2) is 19.6 Å². The summed E-state index contributed by atoms with van der Waals surface area (Å²) in [6, 6.07) is 34.6. The number of aromatic nitrogens is 8. The molecule has 4 saturated heterocycles. The Morgan fingerprint density at radius 3 is 1.23 bits per heavy atom. The van der Waals surface area contributed by atoms with E-state index in [1.807, 2.05) is 128 Å². The van der Waals surface area contributed by atoms with Crippen LogP contribution in [-0.2, 0) is 37.9 Å². The average Bonchev–Trinajstić information content (AvgIpc) is 1.71. The van der Waals surface area contributed by atoms with Crippen LogP contribution in [0.4, 0.5) is 21.2 Å². The van der Waals surface area contributed by atoms with E-state index in [0.717, 1.165) is 108 Å². The number of hydrogen-bond donors (Lipinski definition) is 0. The van der Waals surface area contributed by atoms with Crippen molar-refractivity contribution in [1.29, 1.82) is 0 Å². The first-order valence-electron chi connectivity index (χ1n) is 39.0. The first-order chi connectivity index (χ1) is 51.5. The second kappa shape index (κ2) is 35.5. The minimum absolute atomic E-state index is 0.0412. The van der Waals surface area contributed by atoms with E-state index in [4.69, 9.17) is 68.0 Å². The van der Waals surface area contributed by atoms with Gasteiger partial charge in [-0.2, -0.15) is 19.2 Å². The number of amides is 2. The molecule has 10 heterocycles. The van der Waals surface area contributed by atoms with E-state index in [2.05, 4.69) is 153 Å². The molecule has 0 saturated carbocycles. The van der Waals surface area contributed by atoms with Gasteiger partial charge in [0.25, 0.3) is 0 Å². The van der Waals surface area contributed by atoms with E-state index in [0.29, 0.717) is 105 Å². The smallest absolute Gasteiger partial charge is 0.410 e. The summed E-state index contributed by atoms with van der Waals surface area (Å²) in [5.74, 6) is 1.83. The standard InChI is InChI=1S/C41H59BrN6O5Si2.C41H60N6O5Si2/c1-41(2,3)53-40(49)47-32-21-31(22-33(47)26-52-25-32)37-36(42)39(46(27-50-17-19-54(4,5)6)28-51-18-20-55(7,8)9)48-38(45-37)34(24-44-48)30-15-16-35(43-23-30)29-13-11-10-12-14-29;1-41(2,3)52-40(48)46-33-21-32(22-34(46)27-51-26-33)37-23-38(45(28-49-17-19-53(4,5)6)29-50-18-20-54(7,8)9)47-39(44-37)35(25-43-47)31-15-16-36(42-24-31)30-13-11-10-12-14-30/h10-16,23-24,31-33H,17-22,25-28H2,1-9H3;10-16,23-25,32-34H,17-22,26-29H2,1-9H3. The van der Waals surface area contributed by atoms with Gasteiger partial charge in [0, 0.05) is 128 Å². The first-order valence-corrected chi connectivity index (χ1v) is 54.6. The largest absolute Gasteiger partial charge is 0.444 e. The van der Waals surface area contributed by atoms with Crippen LogP contribution >= 0.6 is 15.9 Å². The number of nitrogens with zero attached hydrogens (tertiary/aromatic N) is 12. The van der Waals surface area contributed by atoms with E-state index in [1.54, 1.807) is 0 Å².